The van der Waals surface area contributed by atoms with Gasteiger partial charge in [0.2, 0.25) is 11.0 Å². The highest BCUT2D eigenvalue weighted by atomic mass is 32.2. The Balaban J connectivity index is 2.24. The lowest BCUT2D eigenvalue weighted by molar-refractivity contribution is -0.120. The Morgan fingerprint density at radius 2 is 2.46 bits per heavy atom. The fraction of sp³-hybridized carbons (Fsp3) is 0.500. The van der Waals surface area contributed by atoms with Gasteiger partial charge >= 0.3 is 0 Å². The zero-order chi connectivity index (χ0) is 9.68. The topological polar surface area (TPSA) is 80.9 Å². The normalized spacial score (nSPS) is 9.92. The molecule has 0 bridgehead atoms. The standard InChI is InChI=1S/C6H10N4OS2/c1-8-4(11)2-3-12-6-10-9-5(7)13-6/h2-3H2,1H3,(H2,7,9)(H,8,11). The van der Waals surface area contributed by atoms with E-state index in [2.05, 4.69) is 15.5 Å². The van der Waals surface area contributed by atoms with Gasteiger partial charge in [-0.05, 0) is 0 Å². The molecule has 0 unspecified atom stereocenters. The molecule has 0 aliphatic heterocycles. The van der Waals surface area contributed by atoms with Crippen molar-refractivity contribution in [1.29, 1.82) is 0 Å². The number of carbonyl (C=O) groups excluding carboxylic acids is 1. The van der Waals surface area contributed by atoms with E-state index in [0.717, 1.165) is 4.34 Å². The van der Waals surface area contributed by atoms with Crippen LogP contribution in [-0.4, -0.2) is 28.9 Å². The average molecular weight is 218 g/mol. The molecule has 5 nitrogen and oxygen atoms in total. The molecule has 0 saturated heterocycles. The van der Waals surface area contributed by atoms with Crippen LogP contribution in [0.5, 0.6) is 0 Å². The Bertz CT molecular complexity index is 288. The lowest BCUT2D eigenvalue weighted by Gasteiger charge is -1.96. The maximum Gasteiger partial charge on any atom is 0.220 e. The smallest absolute Gasteiger partial charge is 0.220 e. The third kappa shape index (κ3) is 3.60. The van der Waals surface area contributed by atoms with E-state index in [1.165, 1.54) is 23.1 Å². The molecule has 1 aromatic heterocycles. The molecule has 0 aromatic carbocycles. The van der Waals surface area contributed by atoms with Gasteiger partial charge in [-0.1, -0.05) is 23.1 Å². The predicted molar refractivity (Wildman–Crippen MR) is 53.7 cm³/mol. The number of hydrogen-bond acceptors (Lipinski definition) is 6. The first kappa shape index (κ1) is 10.3. The lowest BCUT2D eigenvalue weighted by Crippen LogP contribution is -2.17. The first-order chi connectivity index (χ1) is 6.22. The highest BCUT2D eigenvalue weighted by Gasteiger charge is 2.03. The van der Waals surface area contributed by atoms with Gasteiger partial charge in [0, 0.05) is 19.2 Å². The zero-order valence-electron chi connectivity index (χ0n) is 7.11. The van der Waals surface area contributed by atoms with Crippen molar-refractivity contribution in [2.75, 3.05) is 18.5 Å². The molecule has 1 amide bonds. The van der Waals surface area contributed by atoms with E-state index >= 15 is 0 Å². The summed E-state index contributed by atoms with van der Waals surface area (Å²) >= 11 is 2.82. The summed E-state index contributed by atoms with van der Waals surface area (Å²) in [6, 6.07) is 0. The van der Waals surface area contributed by atoms with Crippen molar-refractivity contribution in [3.63, 3.8) is 0 Å². The van der Waals surface area contributed by atoms with E-state index in [9.17, 15) is 4.79 Å². The van der Waals surface area contributed by atoms with Crippen molar-refractivity contribution < 1.29 is 4.79 Å². The number of hydrogen-bond donors (Lipinski definition) is 2. The molecule has 0 radical (unpaired) electrons. The number of nitrogens with zero attached hydrogens (tertiary/aromatic N) is 2. The van der Waals surface area contributed by atoms with Crippen molar-refractivity contribution >= 4 is 34.1 Å². The Kier molecular flexibility index (Phi) is 3.97. The molecule has 7 heteroatoms. The largest absolute Gasteiger partial charge is 0.374 e. The quantitative estimate of drug-likeness (QED) is 0.713. The number of amides is 1. The molecule has 0 atom stereocenters. The van der Waals surface area contributed by atoms with Gasteiger partial charge < -0.3 is 11.1 Å². The number of carbonyl (C=O) groups is 1. The Morgan fingerprint density at radius 3 is 3.00 bits per heavy atom. The molecule has 0 aliphatic carbocycles. The van der Waals surface area contributed by atoms with Crippen LogP contribution in [0.4, 0.5) is 5.13 Å². The van der Waals surface area contributed by atoms with Crippen LogP contribution in [0.2, 0.25) is 0 Å². The van der Waals surface area contributed by atoms with Crippen molar-refractivity contribution in [1.82, 2.24) is 15.5 Å². The molecule has 0 spiro atoms. The van der Waals surface area contributed by atoms with Gasteiger partial charge in [0.25, 0.3) is 0 Å². The average Bonchev–Trinajstić information content (AvgIpc) is 2.51. The van der Waals surface area contributed by atoms with Crippen LogP contribution < -0.4 is 11.1 Å². The summed E-state index contributed by atoms with van der Waals surface area (Å²) < 4.78 is 0.807. The van der Waals surface area contributed by atoms with Gasteiger partial charge in [-0.25, -0.2) is 0 Å². The van der Waals surface area contributed by atoms with Gasteiger partial charge in [0.05, 0.1) is 0 Å². The molecule has 0 fully saturated rings. The molecule has 0 aliphatic rings. The number of nitrogens with one attached hydrogen (secondary N) is 1. The lowest BCUT2D eigenvalue weighted by atomic mass is 10.5. The van der Waals surface area contributed by atoms with Crippen LogP contribution in [0, 0.1) is 0 Å². The van der Waals surface area contributed by atoms with Crippen LogP contribution >= 0.6 is 23.1 Å². The molecule has 0 saturated carbocycles. The minimum atomic E-state index is 0.0324. The van der Waals surface area contributed by atoms with Crippen molar-refractivity contribution in [2.45, 2.75) is 10.8 Å². The van der Waals surface area contributed by atoms with Gasteiger partial charge in [-0.15, -0.1) is 10.2 Å². The molecule has 1 rings (SSSR count). The van der Waals surface area contributed by atoms with E-state index in [1.54, 1.807) is 7.05 Å². The number of thioether (sulfide) groups is 1. The maximum absolute atomic E-state index is 10.8. The van der Waals surface area contributed by atoms with E-state index in [4.69, 9.17) is 5.73 Å². The summed E-state index contributed by atoms with van der Waals surface area (Å²) in [6.45, 7) is 0. The van der Waals surface area contributed by atoms with Crippen LogP contribution in [0.25, 0.3) is 0 Å². The number of anilines is 1. The summed E-state index contributed by atoms with van der Waals surface area (Å²) in [6.07, 6.45) is 0.487. The number of nitrogens with two attached hydrogens (primary N) is 1. The summed E-state index contributed by atoms with van der Waals surface area (Å²) in [5, 5.41) is 10.5. The third-order valence-corrected chi connectivity index (χ3v) is 3.14. The van der Waals surface area contributed by atoms with E-state index < -0.39 is 0 Å². The van der Waals surface area contributed by atoms with Crippen LogP contribution in [0.3, 0.4) is 0 Å². The fourth-order valence-electron chi connectivity index (χ4n) is 0.635. The molecular formula is C6H10N4OS2. The Labute approximate surface area is 84.1 Å². The van der Waals surface area contributed by atoms with E-state index in [-0.39, 0.29) is 5.91 Å². The van der Waals surface area contributed by atoms with E-state index in [0.29, 0.717) is 17.3 Å². The summed E-state index contributed by atoms with van der Waals surface area (Å²) in [4.78, 5) is 10.8. The molecule has 1 heterocycles. The highest BCUT2D eigenvalue weighted by molar-refractivity contribution is 8.01. The zero-order valence-corrected chi connectivity index (χ0v) is 8.74. The maximum atomic E-state index is 10.8. The van der Waals surface area contributed by atoms with Crippen molar-refractivity contribution in [2.24, 2.45) is 0 Å². The summed E-state index contributed by atoms with van der Waals surface area (Å²) in [7, 11) is 1.62. The number of aromatic nitrogens is 2. The van der Waals surface area contributed by atoms with Gasteiger partial charge in [0.1, 0.15) is 0 Å². The minimum Gasteiger partial charge on any atom is -0.374 e. The van der Waals surface area contributed by atoms with Crippen molar-refractivity contribution in [3.05, 3.63) is 0 Å². The molecular weight excluding hydrogens is 208 g/mol. The Morgan fingerprint density at radius 1 is 1.69 bits per heavy atom. The summed E-state index contributed by atoms with van der Waals surface area (Å²) in [5.74, 6) is 0.735. The monoisotopic (exact) mass is 218 g/mol. The van der Waals surface area contributed by atoms with Crippen LogP contribution in [-0.2, 0) is 4.79 Å². The fourth-order valence-corrected chi connectivity index (χ4v) is 2.28. The first-order valence-corrected chi connectivity index (χ1v) is 5.45. The second kappa shape index (κ2) is 5.03. The molecule has 13 heavy (non-hydrogen) atoms. The minimum absolute atomic E-state index is 0.0324. The van der Waals surface area contributed by atoms with Gasteiger partial charge in [-0.2, -0.15) is 0 Å². The molecule has 72 valence electrons. The Hall–Kier alpha value is -0.820. The van der Waals surface area contributed by atoms with Crippen LogP contribution in [0.15, 0.2) is 4.34 Å². The second-order valence-electron chi connectivity index (χ2n) is 2.18. The van der Waals surface area contributed by atoms with Crippen LogP contribution in [0.1, 0.15) is 6.42 Å². The van der Waals surface area contributed by atoms with Gasteiger partial charge in [-0.3, -0.25) is 4.79 Å². The van der Waals surface area contributed by atoms with E-state index in [1.807, 2.05) is 0 Å². The molecule has 3 N–H and O–H groups in total. The molecule has 1 aromatic rings. The third-order valence-electron chi connectivity index (χ3n) is 1.26. The SMILES string of the molecule is CNC(=O)CCSc1nnc(N)s1. The van der Waals surface area contributed by atoms with Gasteiger partial charge in [0.15, 0.2) is 4.34 Å². The van der Waals surface area contributed by atoms with Crippen molar-refractivity contribution in [3.8, 4) is 0 Å². The first-order valence-electron chi connectivity index (χ1n) is 3.64. The summed E-state index contributed by atoms with van der Waals surface area (Å²) in [5.41, 5.74) is 5.39. The predicted octanol–water partition coefficient (Wildman–Crippen LogP) is 0.348. The highest BCUT2D eigenvalue weighted by Crippen LogP contribution is 2.23. The number of rotatable bonds is 4. The second-order valence-corrected chi connectivity index (χ2v) is 4.53. The number of nitrogen functional groups attached to an aromatic ring is 1.